The number of nitrogens with zero attached hydrogens (tertiary/aromatic N) is 2. The van der Waals surface area contributed by atoms with Crippen molar-refractivity contribution in [3.63, 3.8) is 0 Å². The van der Waals surface area contributed by atoms with Crippen molar-refractivity contribution in [2.45, 2.75) is 18.3 Å². The largest absolute Gasteiger partial charge is 0.467 e. The third-order valence-corrected chi connectivity index (χ3v) is 5.77. The lowest BCUT2D eigenvalue weighted by molar-refractivity contribution is -0.385. The van der Waals surface area contributed by atoms with Crippen molar-refractivity contribution in [3.05, 3.63) is 75.3 Å². The van der Waals surface area contributed by atoms with E-state index in [0.717, 1.165) is 5.56 Å². The summed E-state index contributed by atoms with van der Waals surface area (Å²) in [6.07, 6.45) is 0. The van der Waals surface area contributed by atoms with Crippen LogP contribution in [0.25, 0.3) is 0 Å². The van der Waals surface area contributed by atoms with Crippen molar-refractivity contribution < 1.29 is 19.2 Å². The fourth-order valence-corrected chi connectivity index (χ4v) is 4.45. The summed E-state index contributed by atoms with van der Waals surface area (Å²) in [7, 11) is 1.28. The molecule has 2 atom stereocenters. The molecule has 140 valence electrons. The van der Waals surface area contributed by atoms with Gasteiger partial charge in [0.15, 0.2) is 0 Å². The van der Waals surface area contributed by atoms with Crippen LogP contribution in [0.2, 0.25) is 0 Å². The molecule has 2 unspecified atom stereocenters. The highest BCUT2D eigenvalue weighted by atomic mass is 32.2. The van der Waals surface area contributed by atoms with Crippen molar-refractivity contribution in [1.29, 1.82) is 0 Å². The van der Waals surface area contributed by atoms with Gasteiger partial charge in [-0.15, -0.1) is 11.8 Å². The Labute approximate surface area is 160 Å². The highest BCUT2D eigenvalue weighted by molar-refractivity contribution is 7.99. The molecule has 2 aromatic rings. The number of aryl methyl sites for hydroxylation is 1. The number of ether oxygens (including phenoxy) is 1. The van der Waals surface area contributed by atoms with Crippen LogP contribution in [0.5, 0.6) is 0 Å². The molecule has 3 rings (SSSR count). The molecule has 1 amide bonds. The number of hydrogen-bond acceptors (Lipinski definition) is 6. The number of carbonyl (C=O) groups excluding carboxylic acids is 2. The molecule has 1 aliphatic rings. The minimum atomic E-state index is -0.752. The molecule has 1 aliphatic heterocycles. The van der Waals surface area contributed by atoms with E-state index in [1.54, 1.807) is 19.1 Å². The number of esters is 1. The van der Waals surface area contributed by atoms with Crippen molar-refractivity contribution in [2.75, 3.05) is 12.9 Å². The van der Waals surface area contributed by atoms with Crippen LogP contribution >= 0.6 is 11.8 Å². The van der Waals surface area contributed by atoms with Crippen LogP contribution in [0.3, 0.4) is 0 Å². The predicted octanol–water partition coefficient (Wildman–Crippen LogP) is 3.33. The van der Waals surface area contributed by atoms with E-state index in [9.17, 15) is 19.7 Å². The van der Waals surface area contributed by atoms with Gasteiger partial charge in [0.2, 0.25) is 0 Å². The van der Waals surface area contributed by atoms with Crippen molar-refractivity contribution in [2.24, 2.45) is 0 Å². The van der Waals surface area contributed by atoms with Gasteiger partial charge >= 0.3 is 5.97 Å². The number of rotatable bonds is 4. The minimum absolute atomic E-state index is 0.126. The van der Waals surface area contributed by atoms with Gasteiger partial charge in [0, 0.05) is 22.9 Å². The van der Waals surface area contributed by atoms with Gasteiger partial charge in [-0.3, -0.25) is 14.9 Å². The Morgan fingerprint density at radius 2 is 1.93 bits per heavy atom. The van der Waals surface area contributed by atoms with Crippen LogP contribution in [0.15, 0.2) is 48.5 Å². The monoisotopic (exact) mass is 386 g/mol. The molecular formula is C19H18N2O5S. The normalized spacial score (nSPS) is 19.0. The summed E-state index contributed by atoms with van der Waals surface area (Å²) in [4.78, 5) is 37.6. The summed E-state index contributed by atoms with van der Waals surface area (Å²) in [5.41, 5.74) is 1.39. The SMILES string of the molecule is COC(=O)C1CSC(c2ccccc2)N1C(=O)c1ccc(C)c([N+](=O)[O-])c1. The van der Waals surface area contributed by atoms with Gasteiger partial charge < -0.3 is 9.64 Å². The minimum Gasteiger partial charge on any atom is -0.467 e. The number of benzene rings is 2. The second kappa shape index (κ2) is 7.79. The summed E-state index contributed by atoms with van der Waals surface area (Å²) in [5, 5.41) is 10.9. The zero-order valence-electron chi connectivity index (χ0n) is 14.8. The summed E-state index contributed by atoms with van der Waals surface area (Å²) >= 11 is 1.46. The number of nitro groups is 1. The van der Waals surface area contributed by atoms with E-state index in [1.165, 1.54) is 29.8 Å². The summed E-state index contributed by atoms with van der Waals surface area (Å²) in [6.45, 7) is 1.61. The molecule has 7 nitrogen and oxygen atoms in total. The fourth-order valence-electron chi connectivity index (χ4n) is 3.03. The number of amides is 1. The van der Waals surface area contributed by atoms with E-state index < -0.39 is 22.8 Å². The fraction of sp³-hybridized carbons (Fsp3) is 0.263. The number of thioether (sulfide) groups is 1. The number of methoxy groups -OCH3 is 1. The topological polar surface area (TPSA) is 89.8 Å². The lowest BCUT2D eigenvalue weighted by Crippen LogP contribution is -2.43. The highest BCUT2D eigenvalue weighted by Crippen LogP contribution is 2.42. The molecule has 0 saturated carbocycles. The van der Waals surface area contributed by atoms with E-state index in [4.69, 9.17) is 4.74 Å². The molecule has 0 N–H and O–H groups in total. The van der Waals surface area contributed by atoms with Crippen LogP contribution < -0.4 is 0 Å². The smallest absolute Gasteiger partial charge is 0.329 e. The molecule has 27 heavy (non-hydrogen) atoms. The molecule has 0 aliphatic carbocycles. The first-order valence-corrected chi connectivity index (χ1v) is 9.31. The Morgan fingerprint density at radius 3 is 2.56 bits per heavy atom. The Morgan fingerprint density at radius 1 is 1.22 bits per heavy atom. The molecule has 0 aromatic heterocycles. The standard InChI is InChI=1S/C19H18N2O5S/c1-12-8-9-14(10-15(12)21(24)25)17(22)20-16(19(23)26-2)11-27-18(20)13-6-4-3-5-7-13/h3-10,16,18H,11H2,1-2H3. The Kier molecular flexibility index (Phi) is 5.46. The van der Waals surface area contributed by atoms with Crippen LogP contribution in [0.1, 0.15) is 26.9 Å². The quantitative estimate of drug-likeness (QED) is 0.455. The van der Waals surface area contributed by atoms with Crippen molar-refractivity contribution in [1.82, 2.24) is 4.90 Å². The maximum Gasteiger partial charge on any atom is 0.329 e. The van der Waals surface area contributed by atoms with Crippen LogP contribution in [0, 0.1) is 17.0 Å². The van der Waals surface area contributed by atoms with Gasteiger partial charge in [-0.25, -0.2) is 4.79 Å². The zero-order valence-corrected chi connectivity index (χ0v) is 15.6. The van der Waals surface area contributed by atoms with Gasteiger partial charge in [0.1, 0.15) is 11.4 Å². The van der Waals surface area contributed by atoms with Crippen LogP contribution in [0.4, 0.5) is 5.69 Å². The molecule has 8 heteroatoms. The molecule has 1 fully saturated rings. The maximum atomic E-state index is 13.2. The maximum absolute atomic E-state index is 13.2. The van der Waals surface area contributed by atoms with E-state index in [2.05, 4.69) is 0 Å². The Bertz CT molecular complexity index is 887. The Balaban J connectivity index is 2.02. The van der Waals surface area contributed by atoms with Crippen molar-refractivity contribution in [3.8, 4) is 0 Å². The first kappa shape index (κ1) is 18.9. The number of carbonyl (C=O) groups is 2. The third-order valence-electron chi connectivity index (χ3n) is 4.45. The predicted molar refractivity (Wildman–Crippen MR) is 101 cm³/mol. The lowest BCUT2D eigenvalue weighted by Gasteiger charge is -2.28. The van der Waals surface area contributed by atoms with Crippen LogP contribution in [-0.2, 0) is 9.53 Å². The van der Waals surface area contributed by atoms with E-state index >= 15 is 0 Å². The molecular weight excluding hydrogens is 368 g/mol. The highest BCUT2D eigenvalue weighted by Gasteiger charge is 2.43. The van der Waals surface area contributed by atoms with Gasteiger partial charge in [0.25, 0.3) is 11.6 Å². The number of hydrogen-bond donors (Lipinski definition) is 0. The van der Waals surface area contributed by atoms with Crippen molar-refractivity contribution >= 4 is 29.3 Å². The van der Waals surface area contributed by atoms with Gasteiger partial charge in [-0.05, 0) is 18.6 Å². The Hall–Kier alpha value is -2.87. The second-order valence-electron chi connectivity index (χ2n) is 6.11. The lowest BCUT2D eigenvalue weighted by atomic mass is 10.1. The van der Waals surface area contributed by atoms with E-state index in [0.29, 0.717) is 11.3 Å². The molecule has 2 aromatic carbocycles. The molecule has 0 radical (unpaired) electrons. The molecule has 0 bridgehead atoms. The first-order valence-electron chi connectivity index (χ1n) is 8.26. The summed E-state index contributed by atoms with van der Waals surface area (Å²) < 4.78 is 4.86. The van der Waals surface area contributed by atoms with Gasteiger partial charge in [-0.2, -0.15) is 0 Å². The van der Waals surface area contributed by atoms with E-state index in [-0.39, 0.29) is 16.6 Å². The average Bonchev–Trinajstić information content (AvgIpc) is 3.12. The second-order valence-corrected chi connectivity index (χ2v) is 7.22. The zero-order chi connectivity index (χ0) is 19.6. The molecule has 0 spiro atoms. The van der Waals surface area contributed by atoms with E-state index in [1.807, 2.05) is 30.3 Å². The summed E-state index contributed by atoms with van der Waals surface area (Å²) in [5.74, 6) is -0.547. The number of nitro benzene ring substituents is 1. The third kappa shape index (κ3) is 3.66. The molecule has 1 heterocycles. The summed E-state index contributed by atoms with van der Waals surface area (Å²) in [6, 6.07) is 13.0. The van der Waals surface area contributed by atoms with Gasteiger partial charge in [0.05, 0.1) is 12.0 Å². The molecule has 1 saturated heterocycles. The van der Waals surface area contributed by atoms with Crippen LogP contribution in [-0.4, -0.2) is 40.6 Å². The van der Waals surface area contributed by atoms with Gasteiger partial charge in [-0.1, -0.05) is 36.4 Å². The average molecular weight is 386 g/mol. The first-order chi connectivity index (χ1) is 12.9.